The largest absolute Gasteiger partial charge is 0.379 e. The summed E-state index contributed by atoms with van der Waals surface area (Å²) >= 11 is 0. The second kappa shape index (κ2) is 9.04. The van der Waals surface area contributed by atoms with Crippen molar-refractivity contribution in [3.8, 4) is 0 Å². The predicted molar refractivity (Wildman–Crippen MR) is 99.2 cm³/mol. The normalized spacial score (nSPS) is 36.6. The average Bonchev–Trinajstić information content (AvgIpc) is 3.22. The van der Waals surface area contributed by atoms with Crippen molar-refractivity contribution in [3.05, 3.63) is 0 Å². The molecule has 0 aromatic carbocycles. The minimum absolute atomic E-state index is 0. The van der Waals surface area contributed by atoms with Crippen LogP contribution >= 0.6 is 24.8 Å². The fraction of sp³-hybridized carbons (Fsp3) is 0.941. The molecule has 0 aromatic heterocycles. The van der Waals surface area contributed by atoms with Gasteiger partial charge in [0.1, 0.15) is 0 Å². The van der Waals surface area contributed by atoms with Gasteiger partial charge in [-0.25, -0.2) is 0 Å². The van der Waals surface area contributed by atoms with Gasteiger partial charge in [-0.05, 0) is 31.6 Å². The first kappa shape index (κ1) is 20.2. The molecule has 4 atom stereocenters. The van der Waals surface area contributed by atoms with E-state index in [1.54, 1.807) is 0 Å². The van der Waals surface area contributed by atoms with Crippen molar-refractivity contribution < 1.29 is 9.53 Å². The van der Waals surface area contributed by atoms with Crippen LogP contribution in [0.15, 0.2) is 0 Å². The molecule has 1 aliphatic carbocycles. The number of rotatable bonds is 2. The molecular formula is C17H31Cl2N3O2. The molecule has 0 aromatic rings. The fourth-order valence-corrected chi connectivity index (χ4v) is 4.91. The van der Waals surface area contributed by atoms with E-state index in [9.17, 15) is 4.79 Å². The molecule has 0 spiro atoms. The Labute approximate surface area is 157 Å². The number of carbonyl (C=O) groups excluding carboxylic acids is 1. The van der Waals surface area contributed by atoms with E-state index in [1.807, 2.05) is 0 Å². The molecular weight excluding hydrogens is 349 g/mol. The molecule has 0 bridgehead atoms. The summed E-state index contributed by atoms with van der Waals surface area (Å²) in [6.07, 6.45) is 7.47. The molecule has 3 saturated heterocycles. The molecule has 140 valence electrons. The van der Waals surface area contributed by atoms with Gasteiger partial charge in [-0.3, -0.25) is 9.69 Å². The Morgan fingerprint density at radius 1 is 1.00 bits per heavy atom. The first-order chi connectivity index (χ1) is 10.8. The summed E-state index contributed by atoms with van der Waals surface area (Å²) in [5.74, 6) is 1.12. The summed E-state index contributed by atoms with van der Waals surface area (Å²) in [6.45, 7) is 5.60. The summed E-state index contributed by atoms with van der Waals surface area (Å²) in [5, 5.41) is 3.64. The molecule has 1 N–H and O–H groups in total. The van der Waals surface area contributed by atoms with Gasteiger partial charge in [-0.15, -0.1) is 24.8 Å². The lowest BCUT2D eigenvalue weighted by atomic mass is 9.85. The van der Waals surface area contributed by atoms with Crippen LogP contribution in [0.3, 0.4) is 0 Å². The van der Waals surface area contributed by atoms with E-state index in [2.05, 4.69) is 15.1 Å². The summed E-state index contributed by atoms with van der Waals surface area (Å²) in [7, 11) is 0. The molecule has 4 fully saturated rings. The van der Waals surface area contributed by atoms with Crippen LogP contribution in [0.1, 0.15) is 38.5 Å². The first-order valence-electron chi connectivity index (χ1n) is 9.18. The number of halogens is 2. The molecule has 7 heteroatoms. The van der Waals surface area contributed by atoms with E-state index in [1.165, 1.54) is 25.7 Å². The molecule has 1 amide bonds. The minimum atomic E-state index is 0. The van der Waals surface area contributed by atoms with Gasteiger partial charge in [-0.2, -0.15) is 0 Å². The quantitative estimate of drug-likeness (QED) is 0.792. The standard InChI is InChI=1S/C17H29N3O2.2ClH/c21-17(16-11-13-3-1-2-4-15(13)18-16)20-6-5-14(12-20)19-7-9-22-10-8-19;;/h13-16,18H,1-12H2;2*1H. The minimum Gasteiger partial charge on any atom is -0.379 e. The Kier molecular flexibility index (Phi) is 7.62. The van der Waals surface area contributed by atoms with E-state index < -0.39 is 0 Å². The van der Waals surface area contributed by atoms with Crippen LogP contribution < -0.4 is 5.32 Å². The number of morpholine rings is 1. The molecule has 3 aliphatic heterocycles. The molecule has 3 heterocycles. The molecule has 4 unspecified atom stereocenters. The van der Waals surface area contributed by atoms with Crippen LogP contribution in [-0.2, 0) is 9.53 Å². The Morgan fingerprint density at radius 3 is 2.50 bits per heavy atom. The van der Waals surface area contributed by atoms with Crippen LogP contribution in [0.2, 0.25) is 0 Å². The summed E-state index contributed by atoms with van der Waals surface area (Å²) in [5.41, 5.74) is 0. The first-order valence-corrected chi connectivity index (χ1v) is 9.18. The van der Waals surface area contributed by atoms with Crippen molar-refractivity contribution in [2.45, 2.75) is 56.7 Å². The zero-order valence-electron chi connectivity index (χ0n) is 14.3. The summed E-state index contributed by atoms with van der Waals surface area (Å²) < 4.78 is 5.44. The lowest BCUT2D eigenvalue weighted by Gasteiger charge is -2.32. The fourth-order valence-electron chi connectivity index (χ4n) is 4.91. The maximum absolute atomic E-state index is 12.8. The average molecular weight is 380 g/mol. The molecule has 1 saturated carbocycles. The van der Waals surface area contributed by atoms with Gasteiger partial charge >= 0.3 is 0 Å². The lowest BCUT2D eigenvalue weighted by Crippen LogP contribution is -2.48. The van der Waals surface area contributed by atoms with E-state index in [0.717, 1.165) is 58.2 Å². The molecule has 24 heavy (non-hydrogen) atoms. The van der Waals surface area contributed by atoms with Gasteiger partial charge in [-0.1, -0.05) is 12.8 Å². The number of nitrogens with zero attached hydrogens (tertiary/aromatic N) is 2. The number of ether oxygens (including phenoxy) is 1. The predicted octanol–water partition coefficient (Wildman–Crippen LogP) is 1.68. The topological polar surface area (TPSA) is 44.8 Å². The van der Waals surface area contributed by atoms with Crippen molar-refractivity contribution in [1.82, 2.24) is 15.1 Å². The summed E-state index contributed by atoms with van der Waals surface area (Å²) in [6, 6.07) is 1.26. The number of nitrogens with one attached hydrogen (secondary N) is 1. The number of fused-ring (bicyclic) bond motifs is 1. The number of hydrogen-bond donors (Lipinski definition) is 1. The third-order valence-electron chi connectivity index (χ3n) is 6.20. The van der Waals surface area contributed by atoms with Crippen molar-refractivity contribution >= 4 is 30.7 Å². The van der Waals surface area contributed by atoms with Gasteiger partial charge in [0.2, 0.25) is 5.91 Å². The van der Waals surface area contributed by atoms with Gasteiger partial charge in [0.15, 0.2) is 0 Å². The Bertz CT molecular complexity index is 407. The number of carbonyl (C=O) groups is 1. The second-order valence-corrected chi connectivity index (χ2v) is 7.48. The van der Waals surface area contributed by atoms with Gasteiger partial charge in [0.05, 0.1) is 19.3 Å². The Balaban J connectivity index is 0.00000104. The van der Waals surface area contributed by atoms with Gasteiger partial charge in [0.25, 0.3) is 0 Å². The smallest absolute Gasteiger partial charge is 0.239 e. The van der Waals surface area contributed by atoms with E-state index >= 15 is 0 Å². The summed E-state index contributed by atoms with van der Waals surface area (Å²) in [4.78, 5) is 17.5. The number of likely N-dealkylation sites (tertiary alicyclic amines) is 1. The van der Waals surface area contributed by atoms with Crippen LogP contribution in [0, 0.1) is 5.92 Å². The maximum atomic E-state index is 12.8. The highest BCUT2D eigenvalue weighted by atomic mass is 35.5. The zero-order valence-corrected chi connectivity index (χ0v) is 16.0. The molecule has 4 aliphatic rings. The van der Waals surface area contributed by atoms with Crippen LogP contribution in [-0.4, -0.2) is 73.2 Å². The third-order valence-corrected chi connectivity index (χ3v) is 6.20. The number of amides is 1. The third kappa shape index (κ3) is 4.18. The Hall–Kier alpha value is -0.0700. The monoisotopic (exact) mass is 379 g/mol. The molecule has 4 rings (SSSR count). The van der Waals surface area contributed by atoms with Crippen molar-refractivity contribution in [2.24, 2.45) is 5.92 Å². The van der Waals surface area contributed by atoms with Crippen LogP contribution in [0.4, 0.5) is 0 Å². The van der Waals surface area contributed by atoms with E-state index in [4.69, 9.17) is 4.74 Å². The highest BCUT2D eigenvalue weighted by molar-refractivity contribution is 5.85. The van der Waals surface area contributed by atoms with Gasteiger partial charge < -0.3 is 15.0 Å². The van der Waals surface area contributed by atoms with Crippen LogP contribution in [0.25, 0.3) is 0 Å². The highest BCUT2D eigenvalue weighted by Crippen LogP contribution is 2.34. The maximum Gasteiger partial charge on any atom is 0.239 e. The van der Waals surface area contributed by atoms with E-state index in [0.29, 0.717) is 18.0 Å². The van der Waals surface area contributed by atoms with Crippen molar-refractivity contribution in [3.63, 3.8) is 0 Å². The Morgan fingerprint density at radius 2 is 1.75 bits per heavy atom. The highest BCUT2D eigenvalue weighted by Gasteiger charge is 2.41. The lowest BCUT2D eigenvalue weighted by molar-refractivity contribution is -0.132. The second-order valence-electron chi connectivity index (χ2n) is 7.48. The van der Waals surface area contributed by atoms with Crippen molar-refractivity contribution in [1.29, 1.82) is 0 Å². The van der Waals surface area contributed by atoms with Crippen molar-refractivity contribution in [2.75, 3.05) is 39.4 Å². The molecule has 5 nitrogen and oxygen atoms in total. The SMILES string of the molecule is Cl.Cl.O=C(C1CC2CCCCC2N1)N1CCC(N2CCOCC2)C1. The van der Waals surface area contributed by atoms with E-state index in [-0.39, 0.29) is 30.9 Å². The van der Waals surface area contributed by atoms with Gasteiger partial charge in [0, 0.05) is 38.3 Å². The number of hydrogen-bond acceptors (Lipinski definition) is 4. The molecule has 0 radical (unpaired) electrons. The van der Waals surface area contributed by atoms with Crippen LogP contribution in [0.5, 0.6) is 0 Å². The zero-order chi connectivity index (χ0) is 14.9.